The Kier molecular flexibility index (Phi) is 4.73. The topological polar surface area (TPSA) is 57.0 Å². The van der Waals surface area contributed by atoms with Gasteiger partial charge < -0.3 is 4.90 Å². The molecule has 0 atom stereocenters. The zero-order valence-corrected chi connectivity index (χ0v) is 12.0. The van der Waals surface area contributed by atoms with Crippen LogP contribution in [0.1, 0.15) is 44.2 Å². The Hall–Kier alpha value is -1.89. The van der Waals surface area contributed by atoms with E-state index >= 15 is 0 Å². The van der Waals surface area contributed by atoms with E-state index in [0.717, 1.165) is 31.4 Å². The van der Waals surface area contributed by atoms with Crippen molar-refractivity contribution in [2.75, 3.05) is 7.05 Å². The van der Waals surface area contributed by atoms with Crippen molar-refractivity contribution < 1.29 is 4.79 Å². The molecule has 0 saturated heterocycles. The van der Waals surface area contributed by atoms with Gasteiger partial charge in [-0.1, -0.05) is 31.7 Å². The van der Waals surface area contributed by atoms with Gasteiger partial charge in [0.05, 0.1) is 18.3 Å². The van der Waals surface area contributed by atoms with Crippen LogP contribution in [0.4, 0.5) is 0 Å². The van der Waals surface area contributed by atoms with Crippen LogP contribution in [0.5, 0.6) is 0 Å². The second kappa shape index (κ2) is 6.51. The number of aromatic nitrogens is 1. The predicted octanol–water partition coefficient (Wildman–Crippen LogP) is 2.90. The van der Waals surface area contributed by atoms with Crippen molar-refractivity contribution in [1.82, 2.24) is 9.88 Å². The molecule has 1 aromatic heterocycles. The Morgan fingerprint density at radius 1 is 1.35 bits per heavy atom. The lowest BCUT2D eigenvalue weighted by Crippen LogP contribution is -2.40. The first kappa shape index (κ1) is 14.5. The molecule has 1 aliphatic rings. The molecule has 106 valence electrons. The highest BCUT2D eigenvalue weighted by atomic mass is 16.2. The van der Waals surface area contributed by atoms with Crippen LogP contribution >= 0.6 is 0 Å². The minimum absolute atomic E-state index is 0.0486. The van der Waals surface area contributed by atoms with Crippen molar-refractivity contribution in [3.63, 3.8) is 0 Å². The summed E-state index contributed by atoms with van der Waals surface area (Å²) in [6.45, 7) is 0.461. The summed E-state index contributed by atoms with van der Waals surface area (Å²) >= 11 is 0. The zero-order valence-electron chi connectivity index (χ0n) is 12.0. The summed E-state index contributed by atoms with van der Waals surface area (Å²) in [5.41, 5.74) is 0.0325. The van der Waals surface area contributed by atoms with Crippen molar-refractivity contribution in [1.29, 1.82) is 5.26 Å². The van der Waals surface area contributed by atoms with E-state index in [4.69, 9.17) is 0 Å². The van der Waals surface area contributed by atoms with Crippen LogP contribution in [-0.2, 0) is 11.3 Å². The number of nitrogens with zero attached hydrogens (tertiary/aromatic N) is 3. The van der Waals surface area contributed by atoms with E-state index in [9.17, 15) is 10.1 Å². The summed E-state index contributed by atoms with van der Waals surface area (Å²) in [4.78, 5) is 18.6. The number of carbonyl (C=O) groups is 1. The second-order valence-corrected chi connectivity index (χ2v) is 5.59. The second-order valence-electron chi connectivity index (χ2n) is 5.59. The van der Waals surface area contributed by atoms with Gasteiger partial charge in [-0.2, -0.15) is 5.26 Å². The molecule has 0 N–H and O–H groups in total. The number of rotatable bonds is 3. The molecule has 1 fully saturated rings. The zero-order chi connectivity index (χ0) is 14.4. The highest BCUT2D eigenvalue weighted by Crippen LogP contribution is 2.36. The van der Waals surface area contributed by atoms with Crippen LogP contribution in [0, 0.1) is 16.7 Å². The fourth-order valence-electron chi connectivity index (χ4n) is 2.88. The first-order valence-electron chi connectivity index (χ1n) is 7.25. The smallest absolute Gasteiger partial charge is 0.243 e. The molecule has 1 heterocycles. The lowest BCUT2D eigenvalue weighted by molar-refractivity contribution is -0.139. The third-order valence-corrected chi connectivity index (χ3v) is 4.05. The molecule has 4 heteroatoms. The number of hydrogen-bond donors (Lipinski definition) is 0. The summed E-state index contributed by atoms with van der Waals surface area (Å²) in [6, 6.07) is 7.97. The molecular formula is C16H21N3O. The molecule has 20 heavy (non-hydrogen) atoms. The Bertz CT molecular complexity index is 484. The molecule has 0 aliphatic heterocycles. The maximum Gasteiger partial charge on any atom is 0.243 e. The molecule has 1 saturated carbocycles. The highest BCUT2D eigenvalue weighted by molar-refractivity contribution is 5.85. The standard InChI is InChI=1S/C16H21N3O/c1-19(12-14-8-4-7-11-18-14)15(20)16(13-17)9-5-2-3-6-10-16/h4,7-8,11H,2-3,5-6,9-10,12H2,1H3. The first-order valence-corrected chi connectivity index (χ1v) is 7.25. The van der Waals surface area contributed by atoms with Crippen LogP contribution in [0.25, 0.3) is 0 Å². The number of hydrogen-bond acceptors (Lipinski definition) is 3. The Morgan fingerprint density at radius 3 is 2.60 bits per heavy atom. The van der Waals surface area contributed by atoms with Gasteiger partial charge >= 0.3 is 0 Å². The van der Waals surface area contributed by atoms with Crippen molar-refractivity contribution in [2.45, 2.75) is 45.1 Å². The van der Waals surface area contributed by atoms with Gasteiger partial charge in [-0.25, -0.2) is 0 Å². The third-order valence-electron chi connectivity index (χ3n) is 4.05. The lowest BCUT2D eigenvalue weighted by Gasteiger charge is -2.29. The van der Waals surface area contributed by atoms with Crippen LogP contribution in [0.2, 0.25) is 0 Å². The van der Waals surface area contributed by atoms with Gasteiger partial charge in [0.2, 0.25) is 5.91 Å². The SMILES string of the molecule is CN(Cc1ccccn1)C(=O)C1(C#N)CCCCCC1. The molecule has 0 aromatic carbocycles. The fourth-order valence-corrected chi connectivity index (χ4v) is 2.88. The van der Waals surface area contributed by atoms with Crippen molar-refractivity contribution in [3.05, 3.63) is 30.1 Å². The molecule has 0 bridgehead atoms. The van der Waals surface area contributed by atoms with Gasteiger partial charge in [-0.05, 0) is 25.0 Å². The maximum absolute atomic E-state index is 12.7. The molecule has 0 radical (unpaired) electrons. The summed E-state index contributed by atoms with van der Waals surface area (Å²) in [6.07, 6.45) is 7.29. The van der Waals surface area contributed by atoms with Gasteiger partial charge in [0.15, 0.2) is 0 Å². The summed E-state index contributed by atoms with van der Waals surface area (Å²) in [5.74, 6) is -0.0486. The molecule has 2 rings (SSSR count). The summed E-state index contributed by atoms with van der Waals surface area (Å²) in [7, 11) is 1.76. The van der Waals surface area contributed by atoms with Crippen LogP contribution in [0.3, 0.4) is 0 Å². The Morgan fingerprint density at radius 2 is 2.05 bits per heavy atom. The van der Waals surface area contributed by atoms with Crippen molar-refractivity contribution >= 4 is 5.91 Å². The van der Waals surface area contributed by atoms with Gasteiger partial charge in [0.1, 0.15) is 5.41 Å². The van der Waals surface area contributed by atoms with E-state index in [1.165, 1.54) is 0 Å². The minimum Gasteiger partial charge on any atom is -0.338 e. The molecule has 0 unspecified atom stereocenters. The van der Waals surface area contributed by atoms with E-state index in [-0.39, 0.29) is 5.91 Å². The first-order chi connectivity index (χ1) is 9.68. The largest absolute Gasteiger partial charge is 0.338 e. The molecule has 4 nitrogen and oxygen atoms in total. The van der Waals surface area contributed by atoms with E-state index in [0.29, 0.717) is 19.4 Å². The van der Waals surface area contributed by atoms with Gasteiger partial charge in [0.25, 0.3) is 0 Å². The van der Waals surface area contributed by atoms with Crippen molar-refractivity contribution in [3.8, 4) is 6.07 Å². The molecule has 1 amide bonds. The summed E-state index contributed by atoms with van der Waals surface area (Å²) < 4.78 is 0. The Balaban J connectivity index is 2.10. The number of amides is 1. The number of pyridine rings is 1. The maximum atomic E-state index is 12.7. The monoisotopic (exact) mass is 271 g/mol. The normalized spacial score (nSPS) is 17.8. The van der Waals surface area contributed by atoms with Gasteiger partial charge in [0, 0.05) is 13.2 Å². The molecule has 1 aromatic rings. The quantitative estimate of drug-likeness (QED) is 0.794. The Labute approximate surface area is 120 Å². The summed E-state index contributed by atoms with van der Waals surface area (Å²) in [5, 5.41) is 9.54. The minimum atomic E-state index is -0.819. The predicted molar refractivity (Wildman–Crippen MR) is 76.5 cm³/mol. The average molecular weight is 271 g/mol. The van der Waals surface area contributed by atoms with E-state index in [1.54, 1.807) is 18.1 Å². The van der Waals surface area contributed by atoms with E-state index in [1.807, 2.05) is 18.2 Å². The number of nitriles is 1. The van der Waals surface area contributed by atoms with E-state index in [2.05, 4.69) is 11.1 Å². The molecule has 1 aliphatic carbocycles. The van der Waals surface area contributed by atoms with E-state index < -0.39 is 5.41 Å². The fraction of sp³-hybridized carbons (Fsp3) is 0.562. The highest BCUT2D eigenvalue weighted by Gasteiger charge is 2.40. The average Bonchev–Trinajstić information content (AvgIpc) is 2.74. The number of carbonyl (C=O) groups excluding carboxylic acids is 1. The third kappa shape index (κ3) is 3.16. The van der Waals surface area contributed by atoms with Crippen molar-refractivity contribution in [2.24, 2.45) is 5.41 Å². The van der Waals surface area contributed by atoms with Crippen LogP contribution in [-0.4, -0.2) is 22.8 Å². The lowest BCUT2D eigenvalue weighted by atomic mass is 9.80. The van der Waals surface area contributed by atoms with Crippen LogP contribution < -0.4 is 0 Å². The van der Waals surface area contributed by atoms with Gasteiger partial charge in [-0.15, -0.1) is 0 Å². The molecular weight excluding hydrogens is 250 g/mol. The van der Waals surface area contributed by atoms with Crippen LogP contribution in [0.15, 0.2) is 24.4 Å². The molecule has 0 spiro atoms. The van der Waals surface area contributed by atoms with Gasteiger partial charge in [-0.3, -0.25) is 9.78 Å².